The van der Waals surface area contributed by atoms with Gasteiger partial charge < -0.3 is 4.90 Å². The highest BCUT2D eigenvalue weighted by molar-refractivity contribution is 6.42. The van der Waals surface area contributed by atoms with Crippen LogP contribution in [0.2, 0.25) is 10.0 Å². The zero-order chi connectivity index (χ0) is 15.4. The molecule has 1 saturated heterocycles. The summed E-state index contributed by atoms with van der Waals surface area (Å²) in [5.74, 6) is 6.26. The van der Waals surface area contributed by atoms with Gasteiger partial charge in [0, 0.05) is 25.4 Å². The van der Waals surface area contributed by atoms with Crippen molar-refractivity contribution in [1.29, 1.82) is 0 Å². The molecule has 1 fully saturated rings. The second-order valence-electron chi connectivity index (χ2n) is 5.45. The van der Waals surface area contributed by atoms with Crippen LogP contribution in [0, 0.1) is 17.8 Å². The van der Waals surface area contributed by atoms with Gasteiger partial charge in [-0.05, 0) is 36.0 Å². The van der Waals surface area contributed by atoms with Crippen LogP contribution in [0.1, 0.15) is 38.2 Å². The summed E-state index contributed by atoms with van der Waals surface area (Å²) in [6.45, 7) is 5.62. The monoisotopic (exact) mass is 323 g/mol. The minimum atomic E-state index is -0.0752. The zero-order valence-electron chi connectivity index (χ0n) is 12.3. The molecule has 112 valence electrons. The van der Waals surface area contributed by atoms with Crippen LogP contribution in [0.3, 0.4) is 0 Å². The van der Waals surface area contributed by atoms with E-state index in [9.17, 15) is 4.79 Å². The van der Waals surface area contributed by atoms with E-state index >= 15 is 0 Å². The van der Waals surface area contributed by atoms with Gasteiger partial charge in [0.15, 0.2) is 0 Å². The summed E-state index contributed by atoms with van der Waals surface area (Å²) in [5.41, 5.74) is 1.14. The van der Waals surface area contributed by atoms with Crippen LogP contribution in [0.4, 0.5) is 0 Å². The molecule has 1 amide bonds. The molecule has 21 heavy (non-hydrogen) atoms. The number of carbonyl (C=O) groups excluding carboxylic acids is 1. The van der Waals surface area contributed by atoms with Gasteiger partial charge >= 0.3 is 0 Å². The number of rotatable bonds is 1. The van der Waals surface area contributed by atoms with Crippen molar-refractivity contribution in [2.24, 2.45) is 5.92 Å². The number of likely N-dealkylation sites (tertiary alicyclic amines) is 1. The number of hydrogen-bond acceptors (Lipinski definition) is 1. The van der Waals surface area contributed by atoms with E-state index in [0.717, 1.165) is 18.5 Å². The molecule has 4 heteroatoms. The number of halogens is 2. The van der Waals surface area contributed by atoms with Crippen LogP contribution >= 0.6 is 23.2 Å². The number of carbonyl (C=O) groups is 1. The first kappa shape index (κ1) is 16.2. The molecule has 2 rings (SSSR count). The molecule has 0 N–H and O–H groups in total. The molecule has 0 aromatic heterocycles. The molecule has 0 saturated carbocycles. The Bertz CT molecular complexity index is 588. The molecule has 1 heterocycles. The van der Waals surface area contributed by atoms with Crippen LogP contribution in [0.15, 0.2) is 18.2 Å². The molecule has 1 aliphatic heterocycles. The van der Waals surface area contributed by atoms with Crippen molar-refractivity contribution < 1.29 is 4.79 Å². The minimum Gasteiger partial charge on any atom is -0.331 e. The summed E-state index contributed by atoms with van der Waals surface area (Å²) in [7, 11) is 0. The van der Waals surface area contributed by atoms with Crippen LogP contribution < -0.4 is 0 Å². The van der Waals surface area contributed by atoms with Crippen LogP contribution in [0.5, 0.6) is 0 Å². The Labute approximate surface area is 136 Å². The first-order chi connectivity index (χ1) is 10.0. The molecule has 0 aliphatic carbocycles. The Hall–Kier alpha value is -1.17. The van der Waals surface area contributed by atoms with E-state index < -0.39 is 0 Å². The summed E-state index contributed by atoms with van der Waals surface area (Å²) < 4.78 is 0. The van der Waals surface area contributed by atoms with E-state index in [1.54, 1.807) is 0 Å². The Kier molecular flexibility index (Phi) is 5.56. The van der Waals surface area contributed by atoms with Crippen molar-refractivity contribution in [3.63, 3.8) is 0 Å². The van der Waals surface area contributed by atoms with E-state index in [0.29, 0.717) is 28.9 Å². The molecule has 0 spiro atoms. The smallest absolute Gasteiger partial charge is 0.298 e. The lowest BCUT2D eigenvalue weighted by atomic mass is 9.82. The van der Waals surface area contributed by atoms with E-state index in [1.165, 1.54) is 0 Å². The second-order valence-corrected chi connectivity index (χ2v) is 6.27. The summed E-state index contributed by atoms with van der Waals surface area (Å²) in [5, 5.41) is 1.13. The first-order valence-electron chi connectivity index (χ1n) is 7.25. The zero-order valence-corrected chi connectivity index (χ0v) is 13.8. The fraction of sp³-hybridized carbons (Fsp3) is 0.471. The highest BCUT2D eigenvalue weighted by atomic mass is 35.5. The van der Waals surface area contributed by atoms with Crippen LogP contribution in [0.25, 0.3) is 0 Å². The molecule has 1 aliphatic rings. The standard InChI is InChI=1S/C17H19Cl2NO/c1-3-4-5-17(21)20-9-8-12(2)14(11-20)13-6-7-15(18)16(19)10-13/h6-7,10,12,14H,3,8-9,11H2,1-2H3/t12-,14+/m1/s1. The van der Waals surface area contributed by atoms with E-state index in [4.69, 9.17) is 23.2 Å². The third-order valence-corrected chi connectivity index (χ3v) is 4.73. The lowest BCUT2D eigenvalue weighted by molar-refractivity contribution is -0.126. The maximum absolute atomic E-state index is 12.1. The number of nitrogens with zero attached hydrogens (tertiary/aromatic N) is 1. The fourth-order valence-electron chi connectivity index (χ4n) is 2.67. The van der Waals surface area contributed by atoms with Crippen molar-refractivity contribution in [2.75, 3.05) is 13.1 Å². The summed E-state index contributed by atoms with van der Waals surface area (Å²) >= 11 is 12.1. The molecule has 1 aromatic rings. The van der Waals surface area contributed by atoms with E-state index in [-0.39, 0.29) is 11.8 Å². The van der Waals surface area contributed by atoms with Gasteiger partial charge in [0.1, 0.15) is 0 Å². The van der Waals surface area contributed by atoms with Gasteiger partial charge in [0.05, 0.1) is 10.0 Å². The number of hydrogen-bond donors (Lipinski definition) is 0. The normalized spacial score (nSPS) is 21.6. The maximum Gasteiger partial charge on any atom is 0.298 e. The van der Waals surface area contributed by atoms with Gasteiger partial charge in [0.25, 0.3) is 5.91 Å². The van der Waals surface area contributed by atoms with Crippen LogP contribution in [-0.2, 0) is 4.79 Å². The molecule has 2 nitrogen and oxygen atoms in total. The highest BCUT2D eigenvalue weighted by Crippen LogP contribution is 2.35. The maximum atomic E-state index is 12.1. The summed E-state index contributed by atoms with van der Waals surface area (Å²) in [6, 6.07) is 5.74. The van der Waals surface area contributed by atoms with E-state index in [2.05, 4.69) is 18.8 Å². The SMILES string of the molecule is CCC#CC(=O)N1CC[C@@H](C)[C@@H](c2ccc(Cl)c(Cl)c2)C1. The predicted octanol–water partition coefficient (Wildman–Crippen LogP) is 4.36. The van der Waals surface area contributed by atoms with E-state index in [1.807, 2.05) is 30.0 Å². The molecule has 0 radical (unpaired) electrons. The molecule has 2 atom stereocenters. The van der Waals surface area contributed by atoms with Crippen molar-refractivity contribution in [3.8, 4) is 11.8 Å². The van der Waals surface area contributed by atoms with Crippen molar-refractivity contribution >= 4 is 29.1 Å². The third kappa shape index (κ3) is 3.93. The number of piperidine rings is 1. The third-order valence-electron chi connectivity index (χ3n) is 3.99. The van der Waals surface area contributed by atoms with Gasteiger partial charge in [-0.2, -0.15) is 0 Å². The van der Waals surface area contributed by atoms with Gasteiger partial charge in [-0.3, -0.25) is 4.79 Å². The lowest BCUT2D eigenvalue weighted by Crippen LogP contribution is -2.41. The van der Waals surface area contributed by atoms with Crippen molar-refractivity contribution in [2.45, 2.75) is 32.6 Å². The Morgan fingerprint density at radius 2 is 2.14 bits per heavy atom. The molecular formula is C17H19Cl2NO. The van der Waals surface area contributed by atoms with Gasteiger partial charge in [-0.25, -0.2) is 0 Å². The topological polar surface area (TPSA) is 20.3 Å². The Morgan fingerprint density at radius 3 is 2.81 bits per heavy atom. The summed E-state index contributed by atoms with van der Waals surface area (Å²) in [6.07, 6.45) is 1.68. The Balaban J connectivity index is 2.18. The first-order valence-corrected chi connectivity index (χ1v) is 8.01. The fourth-order valence-corrected chi connectivity index (χ4v) is 2.98. The average Bonchev–Trinajstić information content (AvgIpc) is 2.48. The molecule has 0 bridgehead atoms. The van der Waals surface area contributed by atoms with Crippen molar-refractivity contribution in [1.82, 2.24) is 4.90 Å². The molecule has 1 aromatic carbocycles. The largest absolute Gasteiger partial charge is 0.331 e. The predicted molar refractivity (Wildman–Crippen MR) is 87.6 cm³/mol. The van der Waals surface area contributed by atoms with Crippen LogP contribution in [-0.4, -0.2) is 23.9 Å². The van der Waals surface area contributed by atoms with Gasteiger partial charge in [-0.1, -0.05) is 49.0 Å². The molecule has 0 unspecified atom stereocenters. The minimum absolute atomic E-state index is 0.0752. The lowest BCUT2D eigenvalue weighted by Gasteiger charge is -2.36. The van der Waals surface area contributed by atoms with Gasteiger partial charge in [0.2, 0.25) is 0 Å². The van der Waals surface area contributed by atoms with Crippen molar-refractivity contribution in [3.05, 3.63) is 33.8 Å². The quantitative estimate of drug-likeness (QED) is 0.703. The second kappa shape index (κ2) is 7.20. The number of benzene rings is 1. The van der Waals surface area contributed by atoms with Gasteiger partial charge in [-0.15, -0.1) is 0 Å². The number of amides is 1. The highest BCUT2D eigenvalue weighted by Gasteiger charge is 2.29. The summed E-state index contributed by atoms with van der Waals surface area (Å²) in [4.78, 5) is 13.9. The average molecular weight is 324 g/mol. The Morgan fingerprint density at radius 1 is 1.38 bits per heavy atom. The molecular weight excluding hydrogens is 305 g/mol.